The molecule has 7 nitrogen and oxygen atoms in total. The Kier molecular flexibility index (Phi) is 7.37. The van der Waals surface area contributed by atoms with E-state index in [0.29, 0.717) is 17.7 Å². The maximum atomic E-state index is 13.1. The molecule has 4 rings (SSSR count). The molecule has 0 bridgehead atoms. The van der Waals surface area contributed by atoms with Gasteiger partial charge in [0.1, 0.15) is 5.75 Å². The van der Waals surface area contributed by atoms with Crippen LogP contribution in [0.25, 0.3) is 0 Å². The number of nitrogens with one attached hydrogen (secondary N) is 2. The first kappa shape index (κ1) is 23.0. The molecule has 33 heavy (non-hydrogen) atoms. The summed E-state index contributed by atoms with van der Waals surface area (Å²) in [4.78, 5) is 29.9. The van der Waals surface area contributed by atoms with Crippen LogP contribution in [0.5, 0.6) is 5.75 Å². The molecule has 0 aromatic heterocycles. The van der Waals surface area contributed by atoms with Crippen LogP contribution in [0.15, 0.2) is 42.5 Å². The number of hydrogen-bond acceptors (Lipinski definition) is 5. The van der Waals surface area contributed by atoms with Gasteiger partial charge in [-0.3, -0.25) is 9.59 Å². The van der Waals surface area contributed by atoms with Gasteiger partial charge in [-0.2, -0.15) is 0 Å². The molecular formula is C26H34N4O3. The summed E-state index contributed by atoms with van der Waals surface area (Å²) in [5.41, 5.74) is 3.31. The zero-order valence-electron chi connectivity index (χ0n) is 19.6. The summed E-state index contributed by atoms with van der Waals surface area (Å²) in [5.74, 6) is 0.798. The summed E-state index contributed by atoms with van der Waals surface area (Å²) in [6.07, 6.45) is 4.39. The van der Waals surface area contributed by atoms with E-state index >= 15 is 0 Å². The Balaban J connectivity index is 1.50. The number of nitrogens with zero attached hydrogens (tertiary/aromatic N) is 2. The molecule has 1 saturated carbocycles. The van der Waals surface area contributed by atoms with Crippen LogP contribution in [0.4, 0.5) is 17.1 Å². The third-order valence-electron chi connectivity index (χ3n) is 6.24. The second-order valence-corrected chi connectivity index (χ2v) is 8.78. The number of amides is 2. The van der Waals surface area contributed by atoms with E-state index in [1.165, 1.54) is 0 Å². The fourth-order valence-electron chi connectivity index (χ4n) is 4.20. The highest BCUT2D eigenvalue weighted by atomic mass is 16.5. The third kappa shape index (κ3) is 5.78. The summed E-state index contributed by atoms with van der Waals surface area (Å²) in [7, 11) is 1.70. The summed E-state index contributed by atoms with van der Waals surface area (Å²) in [6.45, 7) is 5.32. The Morgan fingerprint density at radius 2 is 1.70 bits per heavy atom. The third-order valence-corrected chi connectivity index (χ3v) is 6.24. The molecule has 2 aromatic rings. The van der Waals surface area contributed by atoms with Gasteiger partial charge in [0, 0.05) is 50.0 Å². The predicted molar refractivity (Wildman–Crippen MR) is 133 cm³/mol. The minimum absolute atomic E-state index is 0.0106. The van der Waals surface area contributed by atoms with Crippen LogP contribution in [0.2, 0.25) is 0 Å². The number of anilines is 3. The maximum Gasteiger partial charge on any atom is 0.253 e. The molecule has 0 spiro atoms. The average Bonchev–Trinajstić information content (AvgIpc) is 3.67. The van der Waals surface area contributed by atoms with Crippen molar-refractivity contribution in [1.29, 1.82) is 0 Å². The highest BCUT2D eigenvalue weighted by molar-refractivity contribution is 6.02. The molecule has 1 aliphatic heterocycles. The van der Waals surface area contributed by atoms with E-state index in [1.54, 1.807) is 7.11 Å². The highest BCUT2D eigenvalue weighted by Gasteiger charge is 2.27. The first-order valence-corrected chi connectivity index (χ1v) is 12.0. The molecule has 2 N–H and O–H groups in total. The van der Waals surface area contributed by atoms with Gasteiger partial charge in [-0.1, -0.05) is 25.5 Å². The topological polar surface area (TPSA) is 73.9 Å². The Morgan fingerprint density at radius 1 is 1.00 bits per heavy atom. The van der Waals surface area contributed by atoms with Crippen molar-refractivity contribution >= 4 is 28.9 Å². The highest BCUT2D eigenvalue weighted by Crippen LogP contribution is 2.31. The molecule has 2 amide bonds. The van der Waals surface area contributed by atoms with E-state index in [9.17, 15) is 9.59 Å². The molecule has 2 aliphatic rings. The minimum Gasteiger partial charge on any atom is -0.495 e. The van der Waals surface area contributed by atoms with Crippen LogP contribution in [0.3, 0.4) is 0 Å². The molecule has 1 saturated heterocycles. The molecule has 0 atom stereocenters. The normalized spacial score (nSPS) is 15.8. The van der Waals surface area contributed by atoms with Crippen molar-refractivity contribution in [2.45, 2.75) is 45.1 Å². The van der Waals surface area contributed by atoms with Crippen molar-refractivity contribution in [1.82, 2.24) is 5.32 Å². The van der Waals surface area contributed by atoms with Gasteiger partial charge in [0.25, 0.3) is 5.91 Å². The Labute approximate surface area is 196 Å². The lowest BCUT2D eigenvalue weighted by Crippen LogP contribution is -2.47. The second kappa shape index (κ2) is 10.6. The Hall–Kier alpha value is -3.22. The number of benzene rings is 2. The zero-order valence-corrected chi connectivity index (χ0v) is 19.6. The quantitative estimate of drug-likeness (QED) is 0.603. The summed E-state index contributed by atoms with van der Waals surface area (Å²) >= 11 is 0. The van der Waals surface area contributed by atoms with Gasteiger partial charge in [-0.15, -0.1) is 0 Å². The van der Waals surface area contributed by atoms with Gasteiger partial charge >= 0.3 is 0 Å². The monoisotopic (exact) mass is 450 g/mol. The molecule has 1 aliphatic carbocycles. The van der Waals surface area contributed by atoms with Crippen LogP contribution in [-0.2, 0) is 4.79 Å². The molecule has 2 fully saturated rings. The molecule has 0 radical (unpaired) electrons. The Morgan fingerprint density at radius 3 is 2.36 bits per heavy atom. The predicted octanol–water partition coefficient (Wildman–Crippen LogP) is 4.04. The number of hydrogen-bond donors (Lipinski definition) is 2. The number of para-hydroxylation sites is 2. The number of unbranched alkanes of at least 4 members (excludes halogenated alkanes) is 1. The Bertz CT molecular complexity index is 981. The largest absolute Gasteiger partial charge is 0.495 e. The van der Waals surface area contributed by atoms with Crippen molar-refractivity contribution in [3.8, 4) is 5.75 Å². The summed E-state index contributed by atoms with van der Waals surface area (Å²) in [5, 5.41) is 6.06. The van der Waals surface area contributed by atoms with E-state index in [1.807, 2.05) is 36.4 Å². The molecule has 2 aromatic carbocycles. The van der Waals surface area contributed by atoms with Crippen LogP contribution in [-0.4, -0.2) is 51.1 Å². The lowest BCUT2D eigenvalue weighted by Gasteiger charge is -2.38. The van der Waals surface area contributed by atoms with Crippen molar-refractivity contribution in [2.24, 2.45) is 0 Å². The van der Waals surface area contributed by atoms with E-state index in [0.717, 1.165) is 69.0 Å². The summed E-state index contributed by atoms with van der Waals surface area (Å²) in [6, 6.07) is 14.0. The van der Waals surface area contributed by atoms with Crippen LogP contribution in [0.1, 0.15) is 49.4 Å². The van der Waals surface area contributed by atoms with E-state index < -0.39 is 0 Å². The van der Waals surface area contributed by atoms with E-state index in [-0.39, 0.29) is 17.9 Å². The summed E-state index contributed by atoms with van der Waals surface area (Å²) < 4.78 is 5.53. The number of piperazine rings is 1. The number of rotatable bonds is 9. The lowest BCUT2D eigenvalue weighted by atomic mass is 10.1. The van der Waals surface area contributed by atoms with Gasteiger partial charge in [0.05, 0.1) is 18.4 Å². The van der Waals surface area contributed by atoms with Gasteiger partial charge in [0.2, 0.25) is 5.91 Å². The molecular weight excluding hydrogens is 416 g/mol. The molecule has 176 valence electrons. The fraction of sp³-hybridized carbons (Fsp3) is 0.462. The van der Waals surface area contributed by atoms with Crippen LogP contribution < -0.4 is 25.2 Å². The number of carbonyl (C=O) groups is 2. The minimum atomic E-state index is -0.0654. The second-order valence-electron chi connectivity index (χ2n) is 8.78. The number of ether oxygens (including phenoxy) is 1. The van der Waals surface area contributed by atoms with Crippen molar-refractivity contribution in [3.05, 3.63) is 48.0 Å². The zero-order chi connectivity index (χ0) is 23.2. The molecule has 1 heterocycles. The van der Waals surface area contributed by atoms with E-state index in [4.69, 9.17) is 4.74 Å². The average molecular weight is 451 g/mol. The first-order chi connectivity index (χ1) is 16.1. The molecule has 7 heteroatoms. The SMILES string of the molecule is CCCCC(=O)Nc1ccc(N2CCN(c3ccccc3OC)CC2)c(C(=O)NC2CC2)c1. The van der Waals surface area contributed by atoms with Gasteiger partial charge < -0.3 is 25.2 Å². The van der Waals surface area contributed by atoms with Gasteiger partial charge in [-0.25, -0.2) is 0 Å². The smallest absolute Gasteiger partial charge is 0.253 e. The van der Waals surface area contributed by atoms with Crippen molar-refractivity contribution in [2.75, 3.05) is 48.4 Å². The van der Waals surface area contributed by atoms with Gasteiger partial charge in [0.15, 0.2) is 0 Å². The fourth-order valence-corrected chi connectivity index (χ4v) is 4.20. The number of methoxy groups -OCH3 is 1. The van der Waals surface area contributed by atoms with Crippen molar-refractivity contribution < 1.29 is 14.3 Å². The molecule has 0 unspecified atom stereocenters. The maximum absolute atomic E-state index is 13.1. The van der Waals surface area contributed by atoms with Crippen LogP contribution >= 0.6 is 0 Å². The standard InChI is InChI=1S/C26H34N4O3/c1-3-4-9-25(31)27-20-12-13-22(21(18-20)26(32)28-19-10-11-19)29-14-16-30(17-15-29)23-7-5-6-8-24(23)33-2/h5-8,12-13,18-19H,3-4,9-11,14-17H2,1-2H3,(H,27,31)(H,28,32). The first-order valence-electron chi connectivity index (χ1n) is 12.0. The lowest BCUT2D eigenvalue weighted by molar-refractivity contribution is -0.116. The van der Waals surface area contributed by atoms with Gasteiger partial charge in [-0.05, 0) is 49.6 Å². The van der Waals surface area contributed by atoms with Crippen molar-refractivity contribution in [3.63, 3.8) is 0 Å². The van der Waals surface area contributed by atoms with Crippen LogP contribution in [0, 0.1) is 0 Å². The number of carbonyl (C=O) groups excluding carboxylic acids is 2. The van der Waals surface area contributed by atoms with E-state index in [2.05, 4.69) is 33.4 Å².